The predicted molar refractivity (Wildman–Crippen MR) is 64.6 cm³/mol. The van der Waals surface area contributed by atoms with Crippen LogP contribution in [0.3, 0.4) is 0 Å². The van der Waals surface area contributed by atoms with Crippen molar-refractivity contribution in [1.29, 1.82) is 0 Å². The second-order valence-electron chi connectivity index (χ2n) is 4.47. The van der Waals surface area contributed by atoms with Crippen molar-refractivity contribution >= 4 is 5.78 Å². The first-order chi connectivity index (χ1) is 7.06. The minimum Gasteiger partial charge on any atom is -0.295 e. The van der Waals surface area contributed by atoms with Gasteiger partial charge in [-0.15, -0.1) is 13.2 Å². The highest BCUT2D eigenvalue weighted by Crippen LogP contribution is 2.46. The Morgan fingerprint density at radius 2 is 2.27 bits per heavy atom. The van der Waals surface area contributed by atoms with E-state index in [4.69, 9.17) is 0 Å². The van der Waals surface area contributed by atoms with Crippen LogP contribution in [0.1, 0.15) is 33.1 Å². The van der Waals surface area contributed by atoms with E-state index in [9.17, 15) is 4.79 Å². The lowest BCUT2D eigenvalue weighted by Crippen LogP contribution is -2.32. The number of carbonyl (C=O) groups is 1. The lowest BCUT2D eigenvalue weighted by atomic mass is 9.63. The molecule has 82 valence electrons. The first kappa shape index (κ1) is 12.0. The molecule has 1 aliphatic carbocycles. The van der Waals surface area contributed by atoms with Crippen molar-refractivity contribution in [1.82, 2.24) is 0 Å². The van der Waals surface area contributed by atoms with Gasteiger partial charge in [-0.2, -0.15) is 0 Å². The summed E-state index contributed by atoms with van der Waals surface area (Å²) in [6.07, 6.45) is 8.24. The zero-order valence-electron chi connectivity index (χ0n) is 9.75. The number of carbonyl (C=O) groups excluding carboxylic acids is 1. The van der Waals surface area contributed by atoms with Crippen LogP contribution in [0.15, 0.2) is 37.0 Å². The molecule has 0 aromatic heterocycles. The molecule has 2 atom stereocenters. The van der Waals surface area contributed by atoms with Gasteiger partial charge < -0.3 is 0 Å². The van der Waals surface area contributed by atoms with E-state index in [1.54, 1.807) is 6.08 Å². The highest BCUT2D eigenvalue weighted by molar-refractivity contribution is 5.91. The van der Waals surface area contributed by atoms with Crippen molar-refractivity contribution in [2.45, 2.75) is 33.1 Å². The summed E-state index contributed by atoms with van der Waals surface area (Å²) in [5, 5.41) is 0. The molecule has 0 saturated carbocycles. The van der Waals surface area contributed by atoms with Crippen LogP contribution in [0.2, 0.25) is 0 Å². The normalized spacial score (nSPS) is 28.1. The maximum absolute atomic E-state index is 11.3. The van der Waals surface area contributed by atoms with Gasteiger partial charge in [0.1, 0.15) is 0 Å². The molecule has 0 N–H and O–H groups in total. The van der Waals surface area contributed by atoms with Gasteiger partial charge in [-0.25, -0.2) is 0 Å². The molecule has 0 aromatic rings. The lowest BCUT2D eigenvalue weighted by Gasteiger charge is -2.40. The van der Waals surface area contributed by atoms with E-state index in [1.165, 1.54) is 5.57 Å². The molecule has 15 heavy (non-hydrogen) atoms. The smallest absolute Gasteiger partial charge is 0.155 e. The summed E-state index contributed by atoms with van der Waals surface area (Å²) in [7, 11) is 0. The molecule has 0 radical (unpaired) electrons. The third-order valence-corrected chi connectivity index (χ3v) is 3.71. The van der Waals surface area contributed by atoms with Gasteiger partial charge in [-0.3, -0.25) is 4.79 Å². The molecular formula is C14H20O. The van der Waals surface area contributed by atoms with E-state index < -0.39 is 0 Å². The van der Waals surface area contributed by atoms with Gasteiger partial charge in [0.2, 0.25) is 0 Å². The first-order valence-electron chi connectivity index (χ1n) is 5.52. The quantitative estimate of drug-likeness (QED) is 0.638. The molecule has 0 saturated heterocycles. The topological polar surface area (TPSA) is 17.1 Å². The summed E-state index contributed by atoms with van der Waals surface area (Å²) in [4.78, 5) is 11.3. The van der Waals surface area contributed by atoms with Crippen LogP contribution >= 0.6 is 0 Å². The van der Waals surface area contributed by atoms with Gasteiger partial charge in [0.15, 0.2) is 5.78 Å². The maximum atomic E-state index is 11.3. The monoisotopic (exact) mass is 204 g/mol. The molecule has 0 heterocycles. The second-order valence-corrected chi connectivity index (χ2v) is 4.47. The molecule has 0 aromatic carbocycles. The average molecular weight is 204 g/mol. The van der Waals surface area contributed by atoms with E-state index in [0.717, 1.165) is 12.8 Å². The van der Waals surface area contributed by atoms with Crippen molar-refractivity contribution in [2.75, 3.05) is 0 Å². The fraction of sp³-hybridized carbons (Fsp3) is 0.500. The second kappa shape index (κ2) is 4.61. The Bertz CT molecular complexity index is 311. The number of hydrogen-bond acceptors (Lipinski definition) is 1. The molecule has 0 spiro atoms. The molecule has 1 rings (SSSR count). The van der Waals surface area contributed by atoms with Crippen LogP contribution in [-0.2, 0) is 4.79 Å². The molecule has 1 heteroatoms. The zero-order chi connectivity index (χ0) is 11.5. The summed E-state index contributed by atoms with van der Waals surface area (Å²) in [6, 6.07) is 0. The molecule has 0 bridgehead atoms. The Hall–Kier alpha value is -1.11. The van der Waals surface area contributed by atoms with Crippen LogP contribution in [0.25, 0.3) is 0 Å². The molecule has 1 nitrogen and oxygen atoms in total. The van der Waals surface area contributed by atoms with Crippen molar-refractivity contribution in [3.05, 3.63) is 37.0 Å². The largest absolute Gasteiger partial charge is 0.295 e. The summed E-state index contributed by atoms with van der Waals surface area (Å²) < 4.78 is 0. The summed E-state index contributed by atoms with van der Waals surface area (Å²) >= 11 is 0. The molecule has 0 fully saturated rings. The SMILES string of the molecule is C=CC[C@]1([C@@H](C)C=C)CCC(=O)C=C1C. The van der Waals surface area contributed by atoms with Gasteiger partial charge in [0, 0.05) is 11.8 Å². The first-order valence-corrected chi connectivity index (χ1v) is 5.52. The van der Waals surface area contributed by atoms with E-state index in [0.29, 0.717) is 12.3 Å². The van der Waals surface area contributed by atoms with Crippen LogP contribution < -0.4 is 0 Å². The maximum Gasteiger partial charge on any atom is 0.155 e. The van der Waals surface area contributed by atoms with Crippen LogP contribution in [0, 0.1) is 11.3 Å². The van der Waals surface area contributed by atoms with E-state index in [2.05, 4.69) is 27.0 Å². The minimum absolute atomic E-state index is 0.0808. The van der Waals surface area contributed by atoms with E-state index in [-0.39, 0.29) is 11.2 Å². The Labute approximate surface area is 92.6 Å². The highest BCUT2D eigenvalue weighted by atomic mass is 16.1. The molecule has 0 unspecified atom stereocenters. The third-order valence-electron chi connectivity index (χ3n) is 3.71. The van der Waals surface area contributed by atoms with Gasteiger partial charge in [-0.05, 0) is 31.8 Å². The van der Waals surface area contributed by atoms with Crippen molar-refractivity contribution in [2.24, 2.45) is 11.3 Å². The fourth-order valence-corrected chi connectivity index (χ4v) is 2.52. The Balaban J connectivity index is 3.10. The number of ketones is 1. The van der Waals surface area contributed by atoms with E-state index >= 15 is 0 Å². The Morgan fingerprint density at radius 3 is 2.73 bits per heavy atom. The Morgan fingerprint density at radius 1 is 1.60 bits per heavy atom. The standard InChI is InChI=1S/C14H20O/c1-5-8-14(11(3)6-2)9-7-13(15)10-12(14)4/h5-6,10-11H,1-2,7-9H2,3-4H3/t11-,14+/m0/s1. The molecular weight excluding hydrogens is 184 g/mol. The summed E-state index contributed by atoms with van der Waals surface area (Å²) in [5.74, 6) is 0.642. The average Bonchev–Trinajstić information content (AvgIpc) is 2.21. The number of hydrogen-bond donors (Lipinski definition) is 0. The van der Waals surface area contributed by atoms with Gasteiger partial charge in [-0.1, -0.05) is 24.6 Å². The third kappa shape index (κ3) is 2.11. The van der Waals surface area contributed by atoms with Crippen LogP contribution in [0.4, 0.5) is 0 Å². The van der Waals surface area contributed by atoms with Crippen molar-refractivity contribution in [3.63, 3.8) is 0 Å². The van der Waals surface area contributed by atoms with Gasteiger partial charge in [0.05, 0.1) is 0 Å². The Kier molecular flexibility index (Phi) is 3.67. The molecule has 0 aliphatic heterocycles. The highest BCUT2D eigenvalue weighted by Gasteiger charge is 2.37. The lowest BCUT2D eigenvalue weighted by molar-refractivity contribution is -0.116. The predicted octanol–water partition coefficient (Wildman–Crippen LogP) is 3.68. The van der Waals surface area contributed by atoms with Crippen LogP contribution in [-0.4, -0.2) is 5.78 Å². The molecule has 0 amide bonds. The summed E-state index contributed by atoms with van der Waals surface area (Å²) in [6.45, 7) is 11.9. The minimum atomic E-state index is 0.0808. The summed E-state index contributed by atoms with van der Waals surface area (Å²) in [5.41, 5.74) is 1.27. The zero-order valence-corrected chi connectivity index (χ0v) is 9.75. The number of rotatable bonds is 4. The number of allylic oxidation sites excluding steroid dienone is 4. The van der Waals surface area contributed by atoms with Gasteiger partial charge >= 0.3 is 0 Å². The van der Waals surface area contributed by atoms with Crippen molar-refractivity contribution < 1.29 is 4.79 Å². The van der Waals surface area contributed by atoms with Crippen LogP contribution in [0.5, 0.6) is 0 Å². The van der Waals surface area contributed by atoms with E-state index in [1.807, 2.05) is 12.2 Å². The molecule has 1 aliphatic rings. The fourth-order valence-electron chi connectivity index (χ4n) is 2.52. The van der Waals surface area contributed by atoms with Crippen molar-refractivity contribution in [3.8, 4) is 0 Å². The van der Waals surface area contributed by atoms with Gasteiger partial charge in [0.25, 0.3) is 0 Å².